The number of aromatic nitrogens is 4. The highest BCUT2D eigenvalue weighted by atomic mass is 35.5. The summed E-state index contributed by atoms with van der Waals surface area (Å²) in [4.78, 5) is 31.1. The van der Waals surface area contributed by atoms with Gasteiger partial charge in [-0.3, -0.25) is 18.2 Å². The minimum absolute atomic E-state index is 0.0575. The Balaban J connectivity index is 1.67. The highest BCUT2D eigenvalue weighted by molar-refractivity contribution is 7.75. The normalized spacial score (nSPS) is 27.5. The van der Waals surface area contributed by atoms with Crippen LogP contribution in [0.3, 0.4) is 0 Å². The first-order chi connectivity index (χ1) is 15.3. The van der Waals surface area contributed by atoms with Gasteiger partial charge in [0.1, 0.15) is 30.2 Å². The molecule has 0 bridgehead atoms. The van der Waals surface area contributed by atoms with Gasteiger partial charge in [0.15, 0.2) is 23.6 Å². The average Bonchev–Trinajstić information content (AvgIpc) is 3.28. The molecule has 6 N–H and O–H groups in total. The average molecular weight is 574 g/mol. The van der Waals surface area contributed by atoms with E-state index in [4.69, 9.17) is 34.2 Å². The van der Waals surface area contributed by atoms with Crippen molar-refractivity contribution in [3.63, 3.8) is 0 Å². The number of anilines is 1. The Morgan fingerprint density at radius 2 is 1.79 bits per heavy atom. The molecule has 17 nitrogen and oxygen atoms in total. The quantitative estimate of drug-likeness (QED) is 0.247. The fourth-order valence-corrected chi connectivity index (χ4v) is 8.45. The molecule has 1 saturated heterocycles. The van der Waals surface area contributed by atoms with Gasteiger partial charge < -0.3 is 30.5 Å². The van der Waals surface area contributed by atoms with Crippen LogP contribution in [0.1, 0.15) is 6.23 Å². The van der Waals surface area contributed by atoms with Gasteiger partial charge in [-0.15, -0.1) is 0 Å². The van der Waals surface area contributed by atoms with E-state index in [0.717, 1.165) is 6.33 Å². The van der Waals surface area contributed by atoms with Crippen LogP contribution in [0.2, 0.25) is 0 Å². The Labute approximate surface area is 194 Å². The number of hydrogen-bond acceptors (Lipinski definition) is 14. The number of hydrogen-bond donors (Lipinski definition) is 5. The zero-order valence-corrected chi connectivity index (χ0v) is 20.1. The van der Waals surface area contributed by atoms with E-state index in [1.807, 2.05) is 0 Å². The zero-order chi connectivity index (χ0) is 24.6. The molecule has 33 heavy (non-hydrogen) atoms. The van der Waals surface area contributed by atoms with E-state index in [9.17, 15) is 33.7 Å². The van der Waals surface area contributed by atoms with Crippen LogP contribution in [-0.4, -0.2) is 70.3 Å². The number of nitrogens with two attached hydrogens (primary N) is 1. The number of fused-ring (bicyclic) bond motifs is 1. The molecule has 0 radical (unpaired) electrons. The molecule has 0 aliphatic carbocycles. The molecule has 0 amide bonds. The van der Waals surface area contributed by atoms with E-state index in [1.54, 1.807) is 0 Å². The predicted molar refractivity (Wildman–Crippen MR) is 109 cm³/mol. The third kappa shape index (κ3) is 6.10. The molecule has 22 heteroatoms. The predicted octanol–water partition coefficient (Wildman–Crippen LogP) is 0.838. The van der Waals surface area contributed by atoms with Crippen LogP contribution in [0.25, 0.3) is 11.2 Å². The molecule has 1 aliphatic rings. The van der Waals surface area contributed by atoms with E-state index in [-0.39, 0.29) is 17.0 Å². The van der Waals surface area contributed by atoms with E-state index >= 15 is 0 Å². The SMILES string of the molecule is Nc1ncnc2c1ncn2C1OC(COP(=O)(O)OP(=O)(O)CP(=O)(OCl)OCl)C(O)C1O. The number of ether oxygens (including phenoxy) is 1. The molecule has 1 aliphatic heterocycles. The molecule has 0 spiro atoms. The molecular formula is C11H16Cl2N5O12P3. The molecule has 2 aromatic rings. The second-order valence-electron chi connectivity index (χ2n) is 6.50. The van der Waals surface area contributed by atoms with Gasteiger partial charge in [0, 0.05) is 0 Å². The molecule has 3 rings (SSSR count). The van der Waals surface area contributed by atoms with Crippen molar-refractivity contribution >= 4 is 63.7 Å². The van der Waals surface area contributed by atoms with Crippen LogP contribution < -0.4 is 5.73 Å². The third-order valence-electron chi connectivity index (χ3n) is 4.19. The number of phosphoric acid groups is 1. The number of imidazole rings is 1. The van der Waals surface area contributed by atoms with E-state index in [1.165, 1.54) is 10.9 Å². The first kappa shape index (κ1) is 26.9. The number of nitrogens with zero attached hydrogens (tertiary/aromatic N) is 4. The van der Waals surface area contributed by atoms with E-state index < -0.39 is 60.1 Å². The summed E-state index contributed by atoms with van der Waals surface area (Å²) in [5.41, 5.74) is 6.07. The maximum Gasteiger partial charge on any atom is 0.479 e. The molecule has 186 valence electrons. The topological polar surface area (TPSA) is 248 Å². The lowest BCUT2D eigenvalue weighted by atomic mass is 10.1. The number of phosphoric ester groups is 1. The maximum absolute atomic E-state index is 12.1. The van der Waals surface area contributed by atoms with Crippen molar-refractivity contribution in [2.45, 2.75) is 24.5 Å². The molecular weight excluding hydrogens is 558 g/mol. The summed E-state index contributed by atoms with van der Waals surface area (Å²) >= 11 is 9.70. The smallest absolute Gasteiger partial charge is 0.387 e. The number of rotatable bonds is 10. The summed E-state index contributed by atoms with van der Waals surface area (Å²) in [6, 6.07) is 0. The zero-order valence-electron chi connectivity index (χ0n) is 15.9. The third-order valence-corrected chi connectivity index (χ3v) is 11.0. The van der Waals surface area contributed by atoms with Crippen LogP contribution in [0.15, 0.2) is 12.7 Å². The Hall–Kier alpha value is -0.740. The highest BCUT2D eigenvalue weighted by Crippen LogP contribution is 2.68. The van der Waals surface area contributed by atoms with Gasteiger partial charge in [-0.1, -0.05) is 0 Å². The van der Waals surface area contributed by atoms with Crippen molar-refractivity contribution in [1.82, 2.24) is 19.5 Å². The summed E-state index contributed by atoms with van der Waals surface area (Å²) in [6.07, 6.45) is -3.51. The minimum atomic E-state index is -5.31. The van der Waals surface area contributed by atoms with Gasteiger partial charge in [0.05, 0.1) is 36.7 Å². The van der Waals surface area contributed by atoms with Gasteiger partial charge in [-0.05, 0) is 0 Å². The Kier molecular flexibility index (Phi) is 8.21. The first-order valence-electron chi connectivity index (χ1n) is 8.46. The number of aliphatic hydroxyl groups is 2. The van der Waals surface area contributed by atoms with E-state index in [2.05, 4.69) is 31.9 Å². The lowest BCUT2D eigenvalue weighted by Gasteiger charge is -2.20. The van der Waals surface area contributed by atoms with Crippen LogP contribution in [0, 0.1) is 0 Å². The van der Waals surface area contributed by atoms with Crippen molar-refractivity contribution in [1.29, 1.82) is 0 Å². The van der Waals surface area contributed by atoms with Crippen molar-refractivity contribution in [3.8, 4) is 0 Å². The summed E-state index contributed by atoms with van der Waals surface area (Å²) in [5.74, 6) is -1.43. The van der Waals surface area contributed by atoms with Crippen molar-refractivity contribution in [3.05, 3.63) is 12.7 Å². The molecule has 6 unspecified atom stereocenters. The first-order valence-corrected chi connectivity index (χ1v) is 14.1. The lowest BCUT2D eigenvalue weighted by Crippen LogP contribution is -2.33. The lowest BCUT2D eigenvalue weighted by molar-refractivity contribution is -0.0501. The van der Waals surface area contributed by atoms with Gasteiger partial charge in [0.25, 0.3) is 0 Å². The molecule has 0 aromatic carbocycles. The van der Waals surface area contributed by atoms with Gasteiger partial charge in [-0.25, -0.2) is 23.8 Å². The molecule has 3 heterocycles. The summed E-state index contributed by atoms with van der Waals surface area (Å²) < 4.78 is 58.8. The van der Waals surface area contributed by atoms with Gasteiger partial charge >= 0.3 is 23.0 Å². The minimum Gasteiger partial charge on any atom is -0.387 e. The number of halogens is 2. The number of aliphatic hydroxyl groups excluding tert-OH is 2. The standard InChI is InChI=1S/C11H16Cl2N5O12P3/c12-28-32(23,29-13)4-31(21,22)30-33(24,25)26-1-5-7(19)8(20)11(27-5)18-3-17-6-9(14)15-2-16-10(6)18/h2-3,5,7-8,11,19-20H,1,4H2,(H,21,22)(H,24,25)(H2,14,15,16). The second kappa shape index (κ2) is 10.1. The van der Waals surface area contributed by atoms with Crippen LogP contribution >= 0.6 is 46.7 Å². The molecule has 0 saturated carbocycles. The van der Waals surface area contributed by atoms with E-state index in [0.29, 0.717) is 0 Å². The summed E-state index contributed by atoms with van der Waals surface area (Å²) in [7, 11) is -15.0. The monoisotopic (exact) mass is 573 g/mol. The van der Waals surface area contributed by atoms with Crippen LogP contribution in [0.4, 0.5) is 5.82 Å². The maximum atomic E-state index is 12.1. The Morgan fingerprint density at radius 1 is 1.12 bits per heavy atom. The van der Waals surface area contributed by atoms with Crippen LogP contribution in [-0.2, 0) is 35.4 Å². The van der Waals surface area contributed by atoms with Crippen molar-refractivity contribution in [2.75, 3.05) is 18.2 Å². The summed E-state index contributed by atoms with van der Waals surface area (Å²) in [5, 5.41) is 20.6. The summed E-state index contributed by atoms with van der Waals surface area (Å²) in [6.45, 7) is -0.887. The fourth-order valence-electron chi connectivity index (χ4n) is 2.80. The molecule has 6 atom stereocenters. The fraction of sp³-hybridized carbons (Fsp3) is 0.545. The van der Waals surface area contributed by atoms with Gasteiger partial charge in [-0.2, -0.15) is 8.15 Å². The Morgan fingerprint density at radius 3 is 2.42 bits per heavy atom. The highest BCUT2D eigenvalue weighted by Gasteiger charge is 2.47. The van der Waals surface area contributed by atoms with Crippen LogP contribution in [0.5, 0.6) is 0 Å². The van der Waals surface area contributed by atoms with Crippen molar-refractivity contribution in [2.24, 2.45) is 0 Å². The van der Waals surface area contributed by atoms with Crippen molar-refractivity contribution < 1.29 is 55.4 Å². The number of nitrogen functional groups attached to an aromatic ring is 1. The largest absolute Gasteiger partial charge is 0.479 e. The van der Waals surface area contributed by atoms with Gasteiger partial charge in [0.2, 0.25) is 0 Å². The molecule has 1 fully saturated rings. The second-order valence-corrected chi connectivity index (χ2v) is 13.1. The molecule has 2 aromatic heterocycles. The Bertz CT molecular complexity index is 1150.